The van der Waals surface area contributed by atoms with Crippen LogP contribution in [0.3, 0.4) is 0 Å². The average molecular weight is 514 g/mol. The Morgan fingerprint density at radius 1 is 1.00 bits per heavy atom. The number of ether oxygens (including phenoxy) is 1. The molecular formula is C30H35N5O3. The van der Waals surface area contributed by atoms with E-state index in [4.69, 9.17) is 9.73 Å². The zero-order chi connectivity index (χ0) is 26.9. The standard InChI is InChI=1S/C30H35N5O3/c1-29(2,3)38-28(37)34-30(17-8-18-30)22-13-11-20(12-14-22)25-26(21-9-6-5-7-10-21)35-19-23(32-27(36)31-4)15-16-24(35)33-25/h5-7,9-16,19,25-26H,8,17-18H2,1-4H3,(H,34,37)(H2,31,32,36). The Morgan fingerprint density at radius 3 is 2.32 bits per heavy atom. The highest BCUT2D eigenvalue weighted by Gasteiger charge is 2.42. The summed E-state index contributed by atoms with van der Waals surface area (Å²) in [6.07, 6.45) is 8.18. The molecule has 2 aliphatic heterocycles. The predicted octanol–water partition coefficient (Wildman–Crippen LogP) is 5.43. The lowest BCUT2D eigenvalue weighted by atomic mass is 9.71. The summed E-state index contributed by atoms with van der Waals surface area (Å²) in [5.41, 5.74) is 3.05. The number of carbonyl (C=O) groups is 2. The number of allylic oxidation sites excluding steroid dienone is 1. The van der Waals surface area contributed by atoms with Crippen molar-refractivity contribution in [3.63, 3.8) is 0 Å². The monoisotopic (exact) mass is 513 g/mol. The quantitative estimate of drug-likeness (QED) is 0.497. The maximum Gasteiger partial charge on any atom is 0.408 e. The van der Waals surface area contributed by atoms with Gasteiger partial charge in [-0.2, -0.15) is 0 Å². The van der Waals surface area contributed by atoms with Crippen molar-refractivity contribution in [1.82, 2.24) is 20.9 Å². The Hall–Kier alpha value is -4.07. The summed E-state index contributed by atoms with van der Waals surface area (Å²) in [5, 5.41) is 8.59. The number of benzene rings is 2. The van der Waals surface area contributed by atoms with Gasteiger partial charge >= 0.3 is 12.1 Å². The van der Waals surface area contributed by atoms with Crippen molar-refractivity contribution >= 4 is 18.0 Å². The van der Waals surface area contributed by atoms with E-state index in [1.807, 2.05) is 57.3 Å². The molecule has 0 radical (unpaired) electrons. The number of urea groups is 1. The third kappa shape index (κ3) is 5.16. The van der Waals surface area contributed by atoms with Gasteiger partial charge in [0.2, 0.25) is 0 Å². The first kappa shape index (κ1) is 25.6. The summed E-state index contributed by atoms with van der Waals surface area (Å²) in [6, 6.07) is 18.3. The maximum atomic E-state index is 12.6. The number of nitrogens with zero attached hydrogens (tertiary/aromatic N) is 2. The first-order chi connectivity index (χ1) is 18.2. The molecule has 2 aromatic carbocycles. The summed E-state index contributed by atoms with van der Waals surface area (Å²) in [4.78, 5) is 31.7. The molecule has 0 aromatic heterocycles. The second-order valence-corrected chi connectivity index (χ2v) is 11.0. The SMILES string of the molecule is CNC(=O)NC1=CN2C(=NC(c3ccc(C4(NC(=O)OC(C)(C)C)CCC4)cc3)C2c2ccccc2)C=C1. The van der Waals surface area contributed by atoms with E-state index in [9.17, 15) is 9.59 Å². The number of amidine groups is 1. The van der Waals surface area contributed by atoms with Crippen LogP contribution in [0, 0.1) is 0 Å². The second-order valence-electron chi connectivity index (χ2n) is 11.0. The zero-order valence-corrected chi connectivity index (χ0v) is 22.3. The van der Waals surface area contributed by atoms with E-state index in [1.54, 1.807) is 7.05 Å². The lowest BCUT2D eigenvalue weighted by Gasteiger charge is -2.43. The molecule has 5 rings (SSSR count). The second kappa shape index (κ2) is 10.0. The number of nitrogens with one attached hydrogen (secondary N) is 3. The highest BCUT2D eigenvalue weighted by Crippen LogP contribution is 2.45. The summed E-state index contributed by atoms with van der Waals surface area (Å²) < 4.78 is 5.54. The molecule has 38 heavy (non-hydrogen) atoms. The highest BCUT2D eigenvalue weighted by atomic mass is 16.6. The van der Waals surface area contributed by atoms with Crippen molar-refractivity contribution in [2.75, 3.05) is 7.05 Å². The molecule has 2 heterocycles. The van der Waals surface area contributed by atoms with Crippen LogP contribution >= 0.6 is 0 Å². The van der Waals surface area contributed by atoms with Gasteiger partial charge in [0.05, 0.1) is 17.3 Å². The normalized spacial score (nSPS) is 21.4. The Kier molecular flexibility index (Phi) is 6.73. The van der Waals surface area contributed by atoms with E-state index in [1.165, 1.54) is 0 Å². The number of amides is 3. The smallest absolute Gasteiger partial charge is 0.408 e. The minimum Gasteiger partial charge on any atom is -0.444 e. The number of hydrogen-bond acceptors (Lipinski definition) is 5. The molecule has 3 aliphatic rings. The van der Waals surface area contributed by atoms with Crippen molar-refractivity contribution in [2.24, 2.45) is 4.99 Å². The van der Waals surface area contributed by atoms with Gasteiger partial charge in [-0.05, 0) is 68.9 Å². The minimum absolute atomic E-state index is 0.0685. The Labute approximate surface area is 223 Å². The molecule has 3 amide bonds. The topological polar surface area (TPSA) is 95.1 Å². The van der Waals surface area contributed by atoms with Crippen LogP contribution in [-0.2, 0) is 10.3 Å². The number of fused-ring (bicyclic) bond motifs is 1. The molecule has 2 atom stereocenters. The van der Waals surface area contributed by atoms with E-state index in [0.29, 0.717) is 5.70 Å². The number of rotatable bonds is 5. The van der Waals surface area contributed by atoms with Crippen LogP contribution in [0.2, 0.25) is 0 Å². The fourth-order valence-electron chi connectivity index (χ4n) is 5.24. The van der Waals surface area contributed by atoms with E-state index in [-0.39, 0.29) is 24.2 Å². The Bertz CT molecular complexity index is 1290. The number of carbonyl (C=O) groups excluding carboxylic acids is 2. The molecule has 3 N–H and O–H groups in total. The fraction of sp³-hybridized carbons (Fsp3) is 0.367. The van der Waals surface area contributed by atoms with Crippen molar-refractivity contribution in [3.05, 3.63) is 95.3 Å². The van der Waals surface area contributed by atoms with Gasteiger partial charge in [0.25, 0.3) is 0 Å². The number of hydrogen-bond donors (Lipinski definition) is 3. The van der Waals surface area contributed by atoms with E-state index >= 15 is 0 Å². The van der Waals surface area contributed by atoms with Crippen LogP contribution < -0.4 is 16.0 Å². The van der Waals surface area contributed by atoms with Gasteiger partial charge in [-0.3, -0.25) is 4.99 Å². The van der Waals surface area contributed by atoms with Gasteiger partial charge in [0.15, 0.2) is 0 Å². The molecule has 8 heteroatoms. The van der Waals surface area contributed by atoms with Crippen molar-refractivity contribution < 1.29 is 14.3 Å². The first-order valence-corrected chi connectivity index (χ1v) is 13.1. The van der Waals surface area contributed by atoms with Crippen molar-refractivity contribution in [3.8, 4) is 0 Å². The Balaban J connectivity index is 1.42. The molecule has 198 valence electrons. The van der Waals surface area contributed by atoms with E-state index in [0.717, 1.165) is 41.8 Å². The Morgan fingerprint density at radius 2 is 1.71 bits per heavy atom. The lowest BCUT2D eigenvalue weighted by molar-refractivity contribution is 0.0377. The van der Waals surface area contributed by atoms with Crippen LogP contribution in [0.4, 0.5) is 9.59 Å². The first-order valence-electron chi connectivity index (χ1n) is 13.1. The fourth-order valence-corrected chi connectivity index (χ4v) is 5.24. The third-order valence-electron chi connectivity index (χ3n) is 7.20. The molecule has 0 bridgehead atoms. The molecule has 1 aliphatic carbocycles. The van der Waals surface area contributed by atoms with Gasteiger partial charge in [0.1, 0.15) is 17.5 Å². The number of alkyl carbamates (subject to hydrolysis) is 1. The largest absolute Gasteiger partial charge is 0.444 e. The van der Waals surface area contributed by atoms with Gasteiger partial charge in [-0.15, -0.1) is 0 Å². The molecule has 0 saturated heterocycles. The van der Waals surface area contributed by atoms with Crippen molar-refractivity contribution in [1.29, 1.82) is 0 Å². The lowest BCUT2D eigenvalue weighted by Crippen LogP contribution is -2.52. The van der Waals surface area contributed by atoms with Crippen LogP contribution in [0.25, 0.3) is 0 Å². The van der Waals surface area contributed by atoms with E-state index in [2.05, 4.69) is 57.2 Å². The maximum absolute atomic E-state index is 12.6. The van der Waals surface area contributed by atoms with Crippen molar-refractivity contribution in [2.45, 2.75) is 63.3 Å². The molecular weight excluding hydrogens is 478 g/mol. The molecule has 1 fully saturated rings. The average Bonchev–Trinajstić information content (AvgIpc) is 3.24. The molecule has 0 spiro atoms. The van der Waals surface area contributed by atoms with Crippen LogP contribution in [-0.4, -0.2) is 35.5 Å². The van der Waals surface area contributed by atoms with Gasteiger partial charge < -0.3 is 25.6 Å². The van der Waals surface area contributed by atoms with Gasteiger partial charge in [-0.1, -0.05) is 54.6 Å². The molecule has 1 saturated carbocycles. The highest BCUT2D eigenvalue weighted by molar-refractivity contribution is 5.97. The molecule has 8 nitrogen and oxygen atoms in total. The van der Waals surface area contributed by atoms with Crippen LogP contribution in [0.5, 0.6) is 0 Å². The van der Waals surface area contributed by atoms with Gasteiger partial charge in [0, 0.05) is 13.2 Å². The third-order valence-corrected chi connectivity index (χ3v) is 7.20. The predicted molar refractivity (Wildman–Crippen MR) is 147 cm³/mol. The van der Waals surface area contributed by atoms with Gasteiger partial charge in [-0.25, -0.2) is 9.59 Å². The number of aliphatic imine (C=N–C) groups is 1. The van der Waals surface area contributed by atoms with E-state index < -0.39 is 11.1 Å². The summed E-state index contributed by atoms with van der Waals surface area (Å²) in [5.74, 6) is 0.845. The zero-order valence-electron chi connectivity index (χ0n) is 22.3. The summed E-state index contributed by atoms with van der Waals surface area (Å²) in [7, 11) is 1.59. The summed E-state index contributed by atoms with van der Waals surface area (Å²) in [6.45, 7) is 5.62. The van der Waals surface area contributed by atoms with Crippen LogP contribution in [0.1, 0.15) is 68.8 Å². The molecule has 2 unspecified atom stereocenters. The van der Waals surface area contributed by atoms with Crippen LogP contribution in [0.15, 0.2) is 83.6 Å². The summed E-state index contributed by atoms with van der Waals surface area (Å²) >= 11 is 0. The minimum atomic E-state index is -0.544. The molecule has 2 aromatic rings.